The third kappa shape index (κ3) is 29.3. The summed E-state index contributed by atoms with van der Waals surface area (Å²) in [7, 11) is -4.44. The minimum Gasteiger partial charge on any atom is -0.387 e. The zero-order valence-electron chi connectivity index (χ0n) is 27.7. The Morgan fingerprint density at radius 1 is 0.628 bits per heavy atom. The number of rotatable bonds is 31. The molecule has 0 radical (unpaired) electrons. The Labute approximate surface area is 265 Å². The first-order chi connectivity index (χ1) is 20.7. The molecule has 0 rings (SSSR count). The van der Waals surface area contributed by atoms with Crippen LogP contribution in [0, 0.1) is 0 Å². The van der Waals surface area contributed by atoms with Crippen LogP contribution in [-0.4, -0.2) is 53.1 Å². The molecule has 0 fully saturated rings. The van der Waals surface area contributed by atoms with Crippen molar-refractivity contribution in [2.75, 3.05) is 5.75 Å². The molecule has 0 saturated heterocycles. The van der Waals surface area contributed by atoms with Crippen LogP contribution in [0.1, 0.15) is 168 Å². The fraction of sp³-hybridized carbons (Fsp3) is 0.857. The molecule has 8 heteroatoms. The second-order valence-electron chi connectivity index (χ2n) is 12.3. The first-order valence-corrected chi connectivity index (χ1v) is 19.3. The van der Waals surface area contributed by atoms with Crippen molar-refractivity contribution in [2.45, 2.75) is 186 Å². The summed E-state index contributed by atoms with van der Waals surface area (Å²) in [5, 5.41) is 23.2. The zero-order chi connectivity index (χ0) is 32.0. The summed E-state index contributed by atoms with van der Waals surface area (Å²) in [6, 6.07) is -1.24. The Bertz CT molecular complexity index is 798. The van der Waals surface area contributed by atoms with Gasteiger partial charge in [0.2, 0.25) is 5.91 Å². The molecule has 3 unspecified atom stereocenters. The van der Waals surface area contributed by atoms with Crippen molar-refractivity contribution in [3.63, 3.8) is 0 Å². The van der Waals surface area contributed by atoms with E-state index < -0.39 is 40.0 Å². The van der Waals surface area contributed by atoms with E-state index in [0.29, 0.717) is 12.8 Å². The molecule has 1 amide bonds. The van der Waals surface area contributed by atoms with Gasteiger partial charge in [-0.25, -0.2) is 0 Å². The van der Waals surface area contributed by atoms with Crippen LogP contribution < -0.4 is 5.32 Å². The molecular weight excluding hydrogens is 562 g/mol. The van der Waals surface area contributed by atoms with Gasteiger partial charge in [-0.3, -0.25) is 9.35 Å². The molecule has 0 spiro atoms. The van der Waals surface area contributed by atoms with Crippen molar-refractivity contribution in [1.29, 1.82) is 0 Å². The van der Waals surface area contributed by atoms with Gasteiger partial charge in [0.15, 0.2) is 0 Å². The Kier molecular flexibility index (Phi) is 28.7. The Morgan fingerprint density at radius 2 is 1.05 bits per heavy atom. The van der Waals surface area contributed by atoms with E-state index in [1.807, 2.05) is 0 Å². The number of unbranched alkanes of at least 4 members (excludes halogenated alkanes) is 20. The highest BCUT2D eigenvalue weighted by Crippen LogP contribution is 2.15. The van der Waals surface area contributed by atoms with Gasteiger partial charge in [-0.15, -0.1) is 0 Å². The van der Waals surface area contributed by atoms with Gasteiger partial charge >= 0.3 is 0 Å². The quantitative estimate of drug-likeness (QED) is 0.0346. The summed E-state index contributed by atoms with van der Waals surface area (Å²) >= 11 is 0. The molecule has 4 N–H and O–H groups in total. The molecule has 0 aliphatic heterocycles. The molecule has 0 aliphatic rings. The van der Waals surface area contributed by atoms with Gasteiger partial charge in [0, 0.05) is 0 Å². The van der Waals surface area contributed by atoms with E-state index in [9.17, 15) is 28.0 Å². The van der Waals surface area contributed by atoms with Crippen LogP contribution in [0.5, 0.6) is 0 Å². The van der Waals surface area contributed by atoms with Crippen LogP contribution in [0.2, 0.25) is 0 Å². The van der Waals surface area contributed by atoms with Crippen molar-refractivity contribution in [3.05, 3.63) is 24.3 Å². The Morgan fingerprint density at radius 3 is 1.53 bits per heavy atom. The van der Waals surface area contributed by atoms with E-state index in [1.165, 1.54) is 109 Å². The first-order valence-electron chi connectivity index (χ1n) is 17.6. The van der Waals surface area contributed by atoms with Crippen LogP contribution in [0.4, 0.5) is 0 Å². The lowest BCUT2D eigenvalue weighted by molar-refractivity contribution is -0.130. The number of carbonyl (C=O) groups excluding carboxylic acids is 1. The summed E-state index contributed by atoms with van der Waals surface area (Å²) in [5.74, 6) is -1.56. The first kappa shape index (κ1) is 41.8. The van der Waals surface area contributed by atoms with Crippen LogP contribution in [0.25, 0.3) is 0 Å². The van der Waals surface area contributed by atoms with Crippen LogP contribution in [0.3, 0.4) is 0 Å². The van der Waals surface area contributed by atoms with Crippen LogP contribution in [-0.2, 0) is 14.9 Å². The SMILES string of the molecule is CCCCC/C=C/CC/C=C/C(O)C(CS(=O)(=O)O)NC(=O)C(O)CCCCCCCCCCCCCCCCCCC. The molecule has 3 atom stereocenters. The zero-order valence-corrected chi connectivity index (χ0v) is 28.5. The smallest absolute Gasteiger partial charge is 0.267 e. The second kappa shape index (κ2) is 29.5. The summed E-state index contributed by atoms with van der Waals surface area (Å²) in [6.07, 6.45) is 32.5. The van der Waals surface area contributed by atoms with Crippen molar-refractivity contribution < 1.29 is 28.0 Å². The Balaban J connectivity index is 4.06. The average Bonchev–Trinajstić information content (AvgIpc) is 2.96. The lowest BCUT2D eigenvalue weighted by atomic mass is 10.0. The summed E-state index contributed by atoms with van der Waals surface area (Å²) in [5.41, 5.74) is 0. The standard InChI is InChI=1S/C35H67NO6S/c1-3-5-7-9-11-13-14-15-16-17-18-19-20-22-24-26-28-30-34(38)35(39)36-32(31-43(40,41)42)33(37)29-27-25-23-21-12-10-8-6-4-2/h12,21,27,29,32-34,37-38H,3-11,13-20,22-26,28,30-31H2,1-2H3,(H,36,39)(H,40,41,42)/b21-12+,29-27+. The topological polar surface area (TPSA) is 124 Å². The highest BCUT2D eigenvalue weighted by Gasteiger charge is 2.27. The largest absolute Gasteiger partial charge is 0.387 e. The van der Waals surface area contributed by atoms with Gasteiger partial charge in [0.05, 0.1) is 17.9 Å². The van der Waals surface area contributed by atoms with Crippen molar-refractivity contribution in [1.82, 2.24) is 5.32 Å². The monoisotopic (exact) mass is 629 g/mol. The molecule has 0 aromatic carbocycles. The molecular formula is C35H67NO6S. The highest BCUT2D eigenvalue weighted by molar-refractivity contribution is 7.85. The van der Waals surface area contributed by atoms with Gasteiger partial charge in [0.1, 0.15) is 6.10 Å². The summed E-state index contributed by atoms with van der Waals surface area (Å²) < 4.78 is 32.2. The number of hydrogen-bond acceptors (Lipinski definition) is 5. The maximum atomic E-state index is 12.5. The molecule has 254 valence electrons. The number of amides is 1. The number of hydrogen-bond donors (Lipinski definition) is 4. The van der Waals surface area contributed by atoms with Gasteiger partial charge in [-0.2, -0.15) is 8.42 Å². The van der Waals surface area contributed by atoms with Gasteiger partial charge in [-0.1, -0.05) is 160 Å². The van der Waals surface area contributed by atoms with E-state index >= 15 is 0 Å². The molecule has 0 bridgehead atoms. The van der Waals surface area contributed by atoms with Crippen molar-refractivity contribution >= 4 is 16.0 Å². The molecule has 43 heavy (non-hydrogen) atoms. The molecule has 0 heterocycles. The minimum atomic E-state index is -4.44. The normalized spacial score (nSPS) is 14.4. The van der Waals surface area contributed by atoms with E-state index in [0.717, 1.165) is 32.1 Å². The maximum Gasteiger partial charge on any atom is 0.267 e. The molecule has 0 aliphatic carbocycles. The predicted octanol–water partition coefficient (Wildman–Crippen LogP) is 8.60. The predicted molar refractivity (Wildman–Crippen MR) is 181 cm³/mol. The minimum absolute atomic E-state index is 0.277. The van der Waals surface area contributed by atoms with Crippen LogP contribution >= 0.6 is 0 Å². The van der Waals surface area contributed by atoms with E-state index in [-0.39, 0.29) is 6.42 Å². The fourth-order valence-corrected chi connectivity index (χ4v) is 5.97. The number of allylic oxidation sites excluding steroid dienone is 3. The third-order valence-electron chi connectivity index (χ3n) is 7.99. The van der Waals surface area contributed by atoms with E-state index in [4.69, 9.17) is 0 Å². The summed E-state index contributed by atoms with van der Waals surface area (Å²) in [6.45, 7) is 4.43. The van der Waals surface area contributed by atoms with E-state index in [1.54, 1.807) is 6.08 Å². The van der Waals surface area contributed by atoms with Crippen LogP contribution in [0.15, 0.2) is 24.3 Å². The summed E-state index contributed by atoms with van der Waals surface area (Å²) in [4.78, 5) is 12.5. The highest BCUT2D eigenvalue weighted by atomic mass is 32.2. The van der Waals surface area contributed by atoms with Gasteiger partial charge < -0.3 is 15.5 Å². The maximum absolute atomic E-state index is 12.5. The number of aliphatic hydroxyl groups excluding tert-OH is 2. The molecule has 0 saturated carbocycles. The lowest BCUT2D eigenvalue weighted by Crippen LogP contribution is -2.50. The third-order valence-corrected chi connectivity index (χ3v) is 8.77. The molecule has 0 aromatic rings. The average molecular weight is 630 g/mol. The number of carbonyl (C=O) groups is 1. The lowest BCUT2D eigenvalue weighted by Gasteiger charge is -2.22. The fourth-order valence-electron chi connectivity index (χ4n) is 5.24. The van der Waals surface area contributed by atoms with E-state index in [2.05, 4.69) is 31.3 Å². The van der Waals surface area contributed by atoms with Crippen molar-refractivity contribution in [2.24, 2.45) is 0 Å². The van der Waals surface area contributed by atoms with Crippen molar-refractivity contribution in [3.8, 4) is 0 Å². The Hall–Kier alpha value is -1.22. The molecule has 0 aromatic heterocycles. The van der Waals surface area contributed by atoms with Gasteiger partial charge in [-0.05, 0) is 32.1 Å². The van der Waals surface area contributed by atoms with Gasteiger partial charge in [0.25, 0.3) is 10.1 Å². The molecule has 7 nitrogen and oxygen atoms in total. The number of aliphatic hydroxyl groups is 2. The number of nitrogens with one attached hydrogen (secondary N) is 1. The second-order valence-corrected chi connectivity index (χ2v) is 13.8.